The van der Waals surface area contributed by atoms with Crippen molar-refractivity contribution in [2.75, 3.05) is 13.1 Å². The molecule has 1 aromatic heterocycles. The first kappa shape index (κ1) is 16.8. The zero-order valence-corrected chi connectivity index (χ0v) is 12.1. The van der Waals surface area contributed by atoms with Crippen LogP contribution in [0.3, 0.4) is 0 Å². The SMILES string of the molecule is CCn1cc(C#N)c(=O)n([C@@H]2CCN(CC(F)(F)F)C2=O)c1=O. The molecule has 1 saturated heterocycles. The summed E-state index contributed by atoms with van der Waals surface area (Å²) >= 11 is 0. The van der Waals surface area contributed by atoms with Crippen molar-refractivity contribution in [3.63, 3.8) is 0 Å². The second-order valence-electron chi connectivity index (χ2n) is 5.08. The first-order chi connectivity index (χ1) is 10.7. The minimum Gasteiger partial charge on any atom is -0.332 e. The van der Waals surface area contributed by atoms with E-state index < -0.39 is 35.9 Å². The Kier molecular flexibility index (Phi) is 4.31. The maximum atomic E-state index is 12.4. The van der Waals surface area contributed by atoms with E-state index in [1.165, 1.54) is 0 Å². The van der Waals surface area contributed by atoms with Gasteiger partial charge in [0, 0.05) is 19.3 Å². The summed E-state index contributed by atoms with van der Waals surface area (Å²) in [4.78, 5) is 37.1. The molecule has 0 bridgehead atoms. The molecule has 0 saturated carbocycles. The Morgan fingerprint density at radius 1 is 1.35 bits per heavy atom. The molecule has 1 fully saturated rings. The monoisotopic (exact) mass is 330 g/mol. The lowest BCUT2D eigenvalue weighted by Crippen LogP contribution is -2.46. The molecule has 0 radical (unpaired) electrons. The van der Waals surface area contributed by atoms with Gasteiger partial charge in [0.2, 0.25) is 5.91 Å². The number of aromatic nitrogens is 2. The number of hydrogen-bond acceptors (Lipinski definition) is 4. The standard InChI is InChI=1S/C13H13F3N4O3/c1-2-18-6-8(5-17)10(21)20(12(18)23)9-3-4-19(11(9)22)7-13(14,15)16/h6,9H,2-4,7H2,1H3/t9-/m1/s1. The van der Waals surface area contributed by atoms with Gasteiger partial charge in [-0.05, 0) is 13.3 Å². The van der Waals surface area contributed by atoms with Crippen LogP contribution < -0.4 is 11.2 Å². The van der Waals surface area contributed by atoms with Gasteiger partial charge in [-0.25, -0.2) is 9.36 Å². The van der Waals surface area contributed by atoms with Crippen molar-refractivity contribution in [1.29, 1.82) is 5.26 Å². The molecule has 2 rings (SSSR count). The third-order valence-electron chi connectivity index (χ3n) is 3.60. The van der Waals surface area contributed by atoms with E-state index in [9.17, 15) is 27.6 Å². The molecule has 1 aliphatic heterocycles. The number of carbonyl (C=O) groups is 1. The van der Waals surface area contributed by atoms with Crippen LogP contribution in [-0.2, 0) is 11.3 Å². The zero-order valence-electron chi connectivity index (χ0n) is 12.1. The molecule has 0 spiro atoms. The minimum atomic E-state index is -4.56. The van der Waals surface area contributed by atoms with Crippen LogP contribution in [0.4, 0.5) is 13.2 Å². The molecule has 1 atom stereocenters. The van der Waals surface area contributed by atoms with Crippen LogP contribution in [-0.4, -0.2) is 39.2 Å². The molecule has 7 nitrogen and oxygen atoms in total. The Hall–Kier alpha value is -2.57. The highest BCUT2D eigenvalue weighted by Crippen LogP contribution is 2.25. The highest BCUT2D eigenvalue weighted by atomic mass is 19.4. The molecular formula is C13H13F3N4O3. The van der Waals surface area contributed by atoms with Gasteiger partial charge in [-0.15, -0.1) is 0 Å². The van der Waals surface area contributed by atoms with Crippen LogP contribution in [0.15, 0.2) is 15.8 Å². The van der Waals surface area contributed by atoms with Gasteiger partial charge in [0.1, 0.15) is 24.2 Å². The van der Waals surface area contributed by atoms with Gasteiger partial charge in [0.05, 0.1) is 0 Å². The Labute approximate surface area is 128 Å². The molecule has 2 heterocycles. The number of alkyl halides is 3. The van der Waals surface area contributed by atoms with Crippen molar-refractivity contribution < 1.29 is 18.0 Å². The number of likely N-dealkylation sites (tertiary alicyclic amines) is 1. The number of rotatable bonds is 3. The first-order valence-corrected chi connectivity index (χ1v) is 6.81. The maximum absolute atomic E-state index is 12.4. The summed E-state index contributed by atoms with van der Waals surface area (Å²) in [6.45, 7) is 0.111. The molecule has 0 aliphatic carbocycles. The van der Waals surface area contributed by atoms with Crippen molar-refractivity contribution >= 4 is 5.91 Å². The van der Waals surface area contributed by atoms with Crippen molar-refractivity contribution in [2.45, 2.75) is 32.1 Å². The molecule has 1 aliphatic rings. The molecule has 23 heavy (non-hydrogen) atoms. The lowest BCUT2D eigenvalue weighted by molar-refractivity contribution is -0.158. The Morgan fingerprint density at radius 3 is 2.52 bits per heavy atom. The average Bonchev–Trinajstić information content (AvgIpc) is 2.79. The maximum Gasteiger partial charge on any atom is 0.406 e. The number of hydrogen-bond donors (Lipinski definition) is 0. The molecular weight excluding hydrogens is 317 g/mol. The van der Waals surface area contributed by atoms with Crippen LogP contribution >= 0.6 is 0 Å². The lowest BCUT2D eigenvalue weighted by atomic mass is 10.2. The highest BCUT2D eigenvalue weighted by molar-refractivity contribution is 5.82. The van der Waals surface area contributed by atoms with E-state index in [2.05, 4.69) is 0 Å². The Morgan fingerprint density at radius 2 is 2.00 bits per heavy atom. The van der Waals surface area contributed by atoms with E-state index in [4.69, 9.17) is 5.26 Å². The number of halogens is 3. The number of nitrogens with zero attached hydrogens (tertiary/aromatic N) is 4. The van der Waals surface area contributed by atoms with Crippen molar-refractivity contribution in [3.8, 4) is 6.07 Å². The van der Waals surface area contributed by atoms with Crippen LogP contribution in [0.2, 0.25) is 0 Å². The smallest absolute Gasteiger partial charge is 0.332 e. The van der Waals surface area contributed by atoms with Gasteiger partial charge < -0.3 is 4.90 Å². The molecule has 0 aromatic carbocycles. The van der Waals surface area contributed by atoms with Gasteiger partial charge in [0.25, 0.3) is 5.56 Å². The number of carbonyl (C=O) groups excluding carboxylic acids is 1. The molecule has 124 valence electrons. The van der Waals surface area contributed by atoms with Crippen molar-refractivity contribution in [2.24, 2.45) is 0 Å². The molecule has 0 N–H and O–H groups in total. The predicted molar refractivity (Wildman–Crippen MR) is 71.6 cm³/mol. The highest BCUT2D eigenvalue weighted by Gasteiger charge is 2.41. The molecule has 0 unspecified atom stereocenters. The second kappa shape index (κ2) is 5.91. The van der Waals surface area contributed by atoms with Gasteiger partial charge >= 0.3 is 11.9 Å². The fourth-order valence-corrected chi connectivity index (χ4v) is 2.53. The summed E-state index contributed by atoms with van der Waals surface area (Å²) in [6, 6.07) is 0.311. The van der Waals surface area contributed by atoms with Crippen LogP contribution in [0.1, 0.15) is 24.9 Å². The quantitative estimate of drug-likeness (QED) is 0.794. The summed E-state index contributed by atoms with van der Waals surface area (Å²) < 4.78 is 39.0. The molecule has 10 heteroatoms. The zero-order chi connectivity index (χ0) is 17.4. The third kappa shape index (κ3) is 3.13. The van der Waals surface area contributed by atoms with Gasteiger partial charge in [-0.2, -0.15) is 18.4 Å². The van der Waals surface area contributed by atoms with Gasteiger partial charge in [0.15, 0.2) is 0 Å². The fraction of sp³-hybridized carbons (Fsp3) is 0.538. The van der Waals surface area contributed by atoms with Crippen molar-refractivity contribution in [1.82, 2.24) is 14.0 Å². The largest absolute Gasteiger partial charge is 0.406 e. The Bertz CT molecular complexity index is 788. The van der Waals surface area contributed by atoms with E-state index >= 15 is 0 Å². The number of aryl methyl sites for hydroxylation is 1. The normalized spacial score (nSPS) is 18.3. The van der Waals surface area contributed by atoms with Gasteiger partial charge in [-0.3, -0.25) is 14.2 Å². The number of amides is 1. The van der Waals surface area contributed by atoms with E-state index in [1.807, 2.05) is 0 Å². The average molecular weight is 330 g/mol. The first-order valence-electron chi connectivity index (χ1n) is 6.81. The molecule has 1 aromatic rings. The number of nitriles is 1. The van der Waals surface area contributed by atoms with E-state index in [0.717, 1.165) is 10.8 Å². The summed E-state index contributed by atoms with van der Waals surface area (Å²) in [5, 5.41) is 8.94. The third-order valence-corrected chi connectivity index (χ3v) is 3.60. The van der Waals surface area contributed by atoms with E-state index in [-0.39, 0.29) is 25.1 Å². The topological polar surface area (TPSA) is 88.1 Å². The summed E-state index contributed by atoms with van der Waals surface area (Å²) in [6.07, 6.45) is -3.58. The summed E-state index contributed by atoms with van der Waals surface area (Å²) in [7, 11) is 0. The minimum absolute atomic E-state index is 0.0946. The van der Waals surface area contributed by atoms with Gasteiger partial charge in [-0.1, -0.05) is 0 Å². The Balaban J connectivity index is 2.48. The summed E-state index contributed by atoms with van der Waals surface area (Å²) in [5.74, 6) is -0.945. The van der Waals surface area contributed by atoms with E-state index in [0.29, 0.717) is 9.47 Å². The lowest BCUT2D eigenvalue weighted by Gasteiger charge is -2.19. The van der Waals surface area contributed by atoms with Crippen LogP contribution in [0.5, 0.6) is 0 Å². The van der Waals surface area contributed by atoms with Crippen LogP contribution in [0, 0.1) is 11.3 Å². The van der Waals surface area contributed by atoms with E-state index in [1.54, 1.807) is 13.0 Å². The predicted octanol–water partition coefficient (Wildman–Crippen LogP) is 0.237. The van der Waals surface area contributed by atoms with Crippen molar-refractivity contribution in [3.05, 3.63) is 32.6 Å². The summed E-state index contributed by atoms with van der Waals surface area (Å²) in [5.41, 5.74) is -2.12. The van der Waals surface area contributed by atoms with Crippen LogP contribution in [0.25, 0.3) is 0 Å². The fourth-order valence-electron chi connectivity index (χ4n) is 2.53. The second-order valence-corrected chi connectivity index (χ2v) is 5.08. The molecule has 1 amide bonds.